The van der Waals surface area contributed by atoms with Crippen LogP contribution in [0.3, 0.4) is 0 Å². The van der Waals surface area contributed by atoms with Gasteiger partial charge in [-0.25, -0.2) is 4.79 Å². The molecule has 0 fully saturated rings. The van der Waals surface area contributed by atoms with Crippen LogP contribution in [0.5, 0.6) is 0 Å². The first-order chi connectivity index (χ1) is 13.0. The molecule has 2 rings (SSSR count). The lowest BCUT2D eigenvalue weighted by Gasteiger charge is -2.25. The van der Waals surface area contributed by atoms with Gasteiger partial charge in [0.2, 0.25) is 5.89 Å². The Labute approximate surface area is 164 Å². The van der Waals surface area contributed by atoms with Gasteiger partial charge in [0.05, 0.1) is 6.54 Å². The fourth-order valence-electron chi connectivity index (χ4n) is 2.84. The van der Waals surface area contributed by atoms with Gasteiger partial charge < -0.3 is 15.2 Å². The molecule has 156 valence electrons. The number of nitrogens with two attached hydrogens (primary N) is 1. The number of rotatable bonds is 8. The Morgan fingerprint density at radius 3 is 2.50 bits per heavy atom. The second kappa shape index (κ2) is 8.62. The minimum atomic E-state index is -0.502. The minimum absolute atomic E-state index is 0.165. The number of nitrogens with one attached hydrogen (secondary N) is 1. The molecule has 2 heterocycles. The molecule has 9 heteroatoms. The number of nitrogens with zero attached hydrogens (tertiary/aromatic N) is 4. The van der Waals surface area contributed by atoms with Crippen molar-refractivity contribution in [3.8, 4) is 0 Å². The van der Waals surface area contributed by atoms with Gasteiger partial charge in [0.1, 0.15) is 11.5 Å². The summed E-state index contributed by atoms with van der Waals surface area (Å²) < 4.78 is 6.78. The Kier molecular flexibility index (Phi) is 6.69. The number of hydrogen-bond acceptors (Lipinski definition) is 7. The van der Waals surface area contributed by atoms with Crippen molar-refractivity contribution in [3.63, 3.8) is 0 Å². The summed E-state index contributed by atoms with van der Waals surface area (Å²) in [6.45, 7) is 13.3. The van der Waals surface area contributed by atoms with Gasteiger partial charge in [0.25, 0.3) is 5.56 Å². The smallest absolute Gasteiger partial charge is 0.330 e. The van der Waals surface area contributed by atoms with Crippen LogP contribution in [0.4, 0.5) is 11.5 Å². The monoisotopic (exact) mass is 392 g/mol. The molecule has 2 aromatic heterocycles. The Bertz CT molecular complexity index is 904. The summed E-state index contributed by atoms with van der Waals surface area (Å²) in [5.41, 5.74) is 5.28. The molecule has 0 aliphatic heterocycles. The lowest BCUT2D eigenvalue weighted by molar-refractivity contribution is 0.318. The summed E-state index contributed by atoms with van der Waals surface area (Å²) in [7, 11) is 0. The Balaban J connectivity index is 2.46. The first-order valence-electron chi connectivity index (χ1n) is 9.75. The van der Waals surface area contributed by atoms with Crippen LogP contribution in [-0.2, 0) is 18.5 Å². The van der Waals surface area contributed by atoms with Crippen molar-refractivity contribution in [2.45, 2.75) is 72.9 Å². The maximum Gasteiger partial charge on any atom is 0.330 e. The first kappa shape index (κ1) is 21.7. The molecule has 0 aliphatic rings. The summed E-state index contributed by atoms with van der Waals surface area (Å²) in [5, 5.41) is 4.05. The second-order valence-electron chi connectivity index (χ2n) is 8.54. The van der Waals surface area contributed by atoms with Gasteiger partial charge in [-0.1, -0.05) is 53.1 Å². The highest BCUT2D eigenvalue weighted by atomic mass is 16.5. The maximum absolute atomic E-state index is 12.6. The van der Waals surface area contributed by atoms with Crippen molar-refractivity contribution >= 4 is 11.5 Å². The highest BCUT2D eigenvalue weighted by Gasteiger charge is 2.24. The van der Waals surface area contributed by atoms with E-state index in [1.54, 1.807) is 0 Å². The summed E-state index contributed by atoms with van der Waals surface area (Å²) in [5.74, 6) is 1.37. The Hall–Kier alpha value is -2.58. The first-order valence-corrected chi connectivity index (χ1v) is 9.75. The van der Waals surface area contributed by atoms with Crippen LogP contribution in [0.1, 0.15) is 66.1 Å². The van der Waals surface area contributed by atoms with Gasteiger partial charge in [-0.2, -0.15) is 4.98 Å². The number of aromatic amines is 1. The van der Waals surface area contributed by atoms with Crippen molar-refractivity contribution in [1.82, 2.24) is 19.7 Å². The summed E-state index contributed by atoms with van der Waals surface area (Å²) in [4.78, 5) is 33.5. The molecule has 0 aromatic carbocycles. The molecule has 28 heavy (non-hydrogen) atoms. The van der Waals surface area contributed by atoms with Crippen LogP contribution < -0.4 is 21.9 Å². The molecule has 0 radical (unpaired) electrons. The predicted molar refractivity (Wildman–Crippen MR) is 110 cm³/mol. The Morgan fingerprint density at radius 1 is 1.29 bits per heavy atom. The highest BCUT2D eigenvalue weighted by molar-refractivity contribution is 5.62. The molecule has 0 saturated heterocycles. The van der Waals surface area contributed by atoms with Crippen LogP contribution >= 0.6 is 0 Å². The van der Waals surface area contributed by atoms with Gasteiger partial charge in [0.15, 0.2) is 5.82 Å². The number of anilines is 2. The molecule has 0 atom stereocenters. The van der Waals surface area contributed by atoms with E-state index in [9.17, 15) is 9.59 Å². The van der Waals surface area contributed by atoms with Gasteiger partial charge in [-0.15, -0.1) is 0 Å². The molecule has 0 spiro atoms. The third-order valence-corrected chi connectivity index (χ3v) is 4.30. The van der Waals surface area contributed by atoms with E-state index in [1.807, 2.05) is 39.5 Å². The standard InChI is InChI=1S/C19H32N6O3/c1-7-8-9-24(11-13-21-17(28-23-13)19(4,5)6)14-15(20)25(10-12(2)3)18(27)22-16(14)26/h12H,7-11,20H2,1-6H3,(H,22,26,27). The number of unbranched alkanes of at least 4 members (excludes halogenated alkanes) is 1. The molecule has 0 unspecified atom stereocenters. The summed E-state index contributed by atoms with van der Waals surface area (Å²) in [6.07, 6.45) is 1.80. The second-order valence-corrected chi connectivity index (χ2v) is 8.54. The highest BCUT2D eigenvalue weighted by Crippen LogP contribution is 2.23. The number of hydrogen-bond donors (Lipinski definition) is 2. The predicted octanol–water partition coefficient (Wildman–Crippen LogP) is 2.26. The molecule has 0 amide bonds. The molecule has 0 aliphatic carbocycles. The summed E-state index contributed by atoms with van der Waals surface area (Å²) in [6, 6.07) is 0. The van der Waals surface area contributed by atoms with Gasteiger partial charge in [-0.3, -0.25) is 14.3 Å². The molecule has 3 N–H and O–H groups in total. The van der Waals surface area contributed by atoms with E-state index in [2.05, 4.69) is 22.0 Å². The maximum atomic E-state index is 12.6. The lowest BCUT2D eigenvalue weighted by atomic mass is 9.97. The topological polar surface area (TPSA) is 123 Å². The molecule has 0 saturated carbocycles. The third kappa shape index (κ3) is 5.02. The van der Waals surface area contributed by atoms with Crippen LogP contribution in [0, 0.1) is 5.92 Å². The van der Waals surface area contributed by atoms with Crippen LogP contribution in [0.25, 0.3) is 0 Å². The van der Waals surface area contributed by atoms with Crippen LogP contribution in [0.2, 0.25) is 0 Å². The van der Waals surface area contributed by atoms with Crippen LogP contribution in [0.15, 0.2) is 14.1 Å². The number of H-pyrrole nitrogens is 1. The van der Waals surface area contributed by atoms with E-state index < -0.39 is 11.2 Å². The van der Waals surface area contributed by atoms with Crippen molar-refractivity contribution in [2.24, 2.45) is 5.92 Å². The van der Waals surface area contributed by atoms with E-state index in [4.69, 9.17) is 10.3 Å². The molecule has 2 aromatic rings. The zero-order valence-electron chi connectivity index (χ0n) is 17.7. The van der Waals surface area contributed by atoms with E-state index in [1.165, 1.54) is 4.57 Å². The zero-order chi connectivity index (χ0) is 21.1. The SMILES string of the molecule is CCCCN(Cc1noc(C(C)(C)C)n1)c1c(N)n(CC(C)C)c(=O)[nH]c1=O. The average molecular weight is 393 g/mol. The van der Waals surface area contributed by atoms with E-state index in [0.29, 0.717) is 24.8 Å². The van der Waals surface area contributed by atoms with Gasteiger partial charge in [0, 0.05) is 18.5 Å². The molecular formula is C19H32N6O3. The van der Waals surface area contributed by atoms with Gasteiger partial charge >= 0.3 is 5.69 Å². The number of nitrogen functional groups attached to an aromatic ring is 1. The largest absolute Gasteiger partial charge is 0.383 e. The number of aromatic nitrogens is 4. The normalized spacial score (nSPS) is 12.0. The van der Waals surface area contributed by atoms with E-state index in [-0.39, 0.29) is 29.4 Å². The summed E-state index contributed by atoms with van der Waals surface area (Å²) >= 11 is 0. The van der Waals surface area contributed by atoms with Crippen molar-refractivity contribution in [3.05, 3.63) is 32.6 Å². The van der Waals surface area contributed by atoms with Crippen molar-refractivity contribution in [2.75, 3.05) is 17.2 Å². The molecular weight excluding hydrogens is 360 g/mol. The van der Waals surface area contributed by atoms with Gasteiger partial charge in [-0.05, 0) is 12.3 Å². The van der Waals surface area contributed by atoms with E-state index in [0.717, 1.165) is 12.8 Å². The average Bonchev–Trinajstić information content (AvgIpc) is 3.04. The fourth-order valence-corrected chi connectivity index (χ4v) is 2.84. The third-order valence-electron chi connectivity index (χ3n) is 4.30. The van der Waals surface area contributed by atoms with E-state index >= 15 is 0 Å². The van der Waals surface area contributed by atoms with Crippen LogP contribution in [-0.4, -0.2) is 26.2 Å². The molecule has 0 bridgehead atoms. The molecule has 9 nitrogen and oxygen atoms in total. The fraction of sp³-hybridized carbons (Fsp3) is 0.684. The van der Waals surface area contributed by atoms with Crippen molar-refractivity contribution in [1.29, 1.82) is 0 Å². The minimum Gasteiger partial charge on any atom is -0.383 e. The zero-order valence-corrected chi connectivity index (χ0v) is 17.7. The Morgan fingerprint density at radius 2 is 1.96 bits per heavy atom. The lowest BCUT2D eigenvalue weighted by Crippen LogP contribution is -2.39. The quantitative estimate of drug-likeness (QED) is 0.706. The van der Waals surface area contributed by atoms with Crippen molar-refractivity contribution < 1.29 is 4.52 Å².